The number of primary amides is 2. The van der Waals surface area contributed by atoms with Gasteiger partial charge in [0.15, 0.2) is 8.32 Å². The lowest BCUT2D eigenvalue weighted by atomic mass is 10.1. The van der Waals surface area contributed by atoms with Crippen LogP contribution in [0.3, 0.4) is 0 Å². The van der Waals surface area contributed by atoms with Gasteiger partial charge in [-0.25, -0.2) is 4.98 Å². The molecule has 4 amide bonds. The second kappa shape index (κ2) is 19.1. The minimum Gasteiger partial charge on any atom is -0.494 e. The minimum absolute atomic E-state index is 0.0448. The van der Waals surface area contributed by atoms with Crippen molar-refractivity contribution in [1.82, 2.24) is 38.2 Å². The smallest absolute Gasteiger partial charge is 0.298 e. The maximum absolute atomic E-state index is 13.9. The van der Waals surface area contributed by atoms with Crippen LogP contribution in [0.1, 0.15) is 94.1 Å². The van der Waals surface area contributed by atoms with Crippen molar-refractivity contribution in [2.75, 3.05) is 25.6 Å². The van der Waals surface area contributed by atoms with Crippen molar-refractivity contribution in [3.8, 4) is 11.5 Å². The summed E-state index contributed by atoms with van der Waals surface area (Å²) in [7, 11) is 1.22. The molecule has 0 aliphatic heterocycles. The second-order valence-electron chi connectivity index (χ2n) is 17.3. The van der Waals surface area contributed by atoms with Crippen molar-refractivity contribution in [1.29, 1.82) is 0 Å². The van der Waals surface area contributed by atoms with Crippen LogP contribution < -0.4 is 31.9 Å². The molecule has 6 aromatic rings. The molecule has 4 heterocycles. The van der Waals surface area contributed by atoms with Gasteiger partial charge in [0.05, 0.1) is 36.1 Å². The monoisotopic (exact) mass is 908 g/mol. The quantitative estimate of drug-likeness (QED) is 0.0546. The fourth-order valence-electron chi connectivity index (χ4n) is 7.26. The summed E-state index contributed by atoms with van der Waals surface area (Å²) in [5.41, 5.74) is 16.2. The topological polar surface area (TPSA) is 236 Å². The van der Waals surface area contributed by atoms with Gasteiger partial charge in [-0.05, 0) is 82.2 Å². The maximum Gasteiger partial charge on any atom is 0.298 e. The van der Waals surface area contributed by atoms with Gasteiger partial charge in [0.25, 0.3) is 11.8 Å². The van der Waals surface area contributed by atoms with E-state index in [9.17, 15) is 19.2 Å². The van der Waals surface area contributed by atoms with Crippen LogP contribution in [0.5, 0.6) is 11.5 Å². The Kier molecular flexibility index (Phi) is 14.0. The number of allylic oxidation sites excluding steroid dienone is 2. The van der Waals surface area contributed by atoms with Crippen LogP contribution in [0.4, 0.5) is 5.95 Å². The van der Waals surface area contributed by atoms with E-state index in [2.05, 4.69) is 54.4 Å². The number of ether oxygens (including phenoxy) is 2. The molecule has 0 saturated heterocycles. The molecule has 4 aromatic heterocycles. The van der Waals surface area contributed by atoms with Gasteiger partial charge in [-0.2, -0.15) is 15.2 Å². The van der Waals surface area contributed by atoms with E-state index in [4.69, 9.17) is 30.4 Å². The molecule has 19 nitrogen and oxygen atoms in total. The van der Waals surface area contributed by atoms with Crippen molar-refractivity contribution in [3.05, 3.63) is 88.1 Å². The Hall–Kier alpha value is -6.80. The number of nitrogens with one attached hydrogen (secondary N) is 1. The standard InChI is InChI=1S/C45H60N12O7Si/c1-12-56-33(21-27(3)51-56)41(60)49-43-48-31-23-29(39(46)58)26-36(63-19-16-20-64-65(10,11)45(5,6)7)37(31)54(43)17-14-15-18-55-38-32(24-30(40(47)59)25-35(38)62-9)53(8)44(55)50-42(61)34-22-28(4)52-57(34)13-2/h14-15,21-26H,12-13,16-20H2,1-11H3,(H2,46,58)(H2,47,59)(H,48,49,60)/b15-14+,50-44+. The van der Waals surface area contributed by atoms with E-state index in [1.54, 1.807) is 73.4 Å². The number of methoxy groups -OCH3 is 1. The molecular weight excluding hydrogens is 849 g/mol. The van der Waals surface area contributed by atoms with Crippen LogP contribution in [0.25, 0.3) is 22.1 Å². The average molecular weight is 909 g/mol. The summed E-state index contributed by atoms with van der Waals surface area (Å²) >= 11 is 0. The van der Waals surface area contributed by atoms with Crippen molar-refractivity contribution in [3.63, 3.8) is 0 Å². The number of carbonyl (C=O) groups is 4. The predicted octanol–water partition coefficient (Wildman–Crippen LogP) is 5.63. The van der Waals surface area contributed by atoms with E-state index < -0.39 is 31.9 Å². The van der Waals surface area contributed by atoms with Gasteiger partial charge in [0.1, 0.15) is 33.9 Å². The number of carbonyl (C=O) groups excluding carboxylic acids is 4. The first-order valence-electron chi connectivity index (χ1n) is 21.5. The van der Waals surface area contributed by atoms with Crippen molar-refractivity contribution >= 4 is 60.0 Å². The second-order valence-corrected chi connectivity index (χ2v) is 22.1. The van der Waals surface area contributed by atoms with Crippen LogP contribution in [0, 0.1) is 13.8 Å². The molecule has 0 atom stereocenters. The third kappa shape index (κ3) is 9.97. The number of nitrogens with zero attached hydrogens (tertiary/aromatic N) is 9. The maximum atomic E-state index is 13.9. The lowest BCUT2D eigenvalue weighted by Gasteiger charge is -2.36. The highest BCUT2D eigenvalue weighted by molar-refractivity contribution is 6.74. The molecular formula is C45H60N12O7Si. The third-order valence-electron chi connectivity index (χ3n) is 11.7. The molecule has 20 heteroatoms. The van der Waals surface area contributed by atoms with E-state index in [0.29, 0.717) is 82.5 Å². The Morgan fingerprint density at radius 2 is 1.40 bits per heavy atom. The molecule has 0 spiro atoms. The summed E-state index contributed by atoms with van der Waals surface area (Å²) in [6.45, 7) is 20.4. The van der Waals surface area contributed by atoms with Crippen molar-refractivity contribution in [2.45, 2.75) is 99.2 Å². The number of fused-ring (bicyclic) bond motifs is 2. The number of nitrogens with two attached hydrogens (primary N) is 2. The normalized spacial score (nSPS) is 12.5. The minimum atomic E-state index is -2.00. The molecule has 65 heavy (non-hydrogen) atoms. The molecule has 6 rings (SSSR count). The molecule has 0 bridgehead atoms. The molecule has 0 radical (unpaired) electrons. The van der Waals surface area contributed by atoms with Crippen molar-refractivity contribution < 1.29 is 33.1 Å². The summed E-state index contributed by atoms with van der Waals surface area (Å²) in [4.78, 5) is 62.1. The Morgan fingerprint density at radius 3 is 2.00 bits per heavy atom. The molecule has 5 N–H and O–H groups in total. The number of aromatic nitrogens is 8. The SMILES string of the molecule is CCn1nc(C)cc1C(=O)/N=c1\n(C)c2cc(C(N)=O)cc(OC)c2n1C/C=C/Cn1c(NC(=O)c2cc(C)nn2CC)nc2cc(C(N)=O)cc(OCCCO[Si](C)(C)C(C)(C)C)c21. The van der Waals surface area contributed by atoms with Gasteiger partial charge < -0.3 is 39.1 Å². The number of anilines is 1. The van der Waals surface area contributed by atoms with Crippen LogP contribution in [-0.4, -0.2) is 90.5 Å². The lowest BCUT2D eigenvalue weighted by Crippen LogP contribution is -2.41. The number of amides is 4. The van der Waals surface area contributed by atoms with E-state index >= 15 is 0 Å². The molecule has 0 saturated carbocycles. The number of imidazole rings is 2. The fourth-order valence-corrected chi connectivity index (χ4v) is 8.34. The van der Waals surface area contributed by atoms with Crippen LogP contribution in [0.15, 0.2) is 53.5 Å². The first kappa shape index (κ1) is 47.7. The van der Waals surface area contributed by atoms with Crippen LogP contribution in [0.2, 0.25) is 18.1 Å². The molecule has 0 aliphatic carbocycles. The van der Waals surface area contributed by atoms with Gasteiger partial charge in [0, 0.05) is 57.4 Å². The first-order chi connectivity index (χ1) is 30.7. The molecule has 346 valence electrons. The van der Waals surface area contributed by atoms with Crippen LogP contribution in [-0.2, 0) is 37.7 Å². The zero-order valence-electron chi connectivity index (χ0n) is 39.1. The summed E-state index contributed by atoms with van der Waals surface area (Å²) < 4.78 is 27.0. The van der Waals surface area contributed by atoms with E-state index in [1.807, 2.05) is 32.9 Å². The summed E-state index contributed by atoms with van der Waals surface area (Å²) in [5, 5.41) is 11.9. The lowest BCUT2D eigenvalue weighted by molar-refractivity contribution is 0.0980. The third-order valence-corrected chi connectivity index (χ3v) is 16.2. The van der Waals surface area contributed by atoms with Gasteiger partial charge in [-0.3, -0.25) is 33.9 Å². The van der Waals surface area contributed by atoms with E-state index in [0.717, 1.165) is 0 Å². The highest BCUT2D eigenvalue weighted by Gasteiger charge is 2.37. The molecule has 2 aromatic carbocycles. The zero-order valence-corrected chi connectivity index (χ0v) is 40.1. The van der Waals surface area contributed by atoms with E-state index in [1.165, 1.54) is 7.11 Å². The van der Waals surface area contributed by atoms with Gasteiger partial charge in [-0.1, -0.05) is 32.9 Å². The van der Waals surface area contributed by atoms with Gasteiger partial charge in [-0.15, -0.1) is 0 Å². The Labute approximate surface area is 378 Å². The van der Waals surface area contributed by atoms with E-state index in [-0.39, 0.29) is 47.4 Å². The van der Waals surface area contributed by atoms with Gasteiger partial charge in [0.2, 0.25) is 23.4 Å². The van der Waals surface area contributed by atoms with Crippen LogP contribution >= 0.6 is 0 Å². The van der Waals surface area contributed by atoms with Crippen molar-refractivity contribution in [2.24, 2.45) is 23.5 Å². The number of benzene rings is 2. The summed E-state index contributed by atoms with van der Waals surface area (Å²) in [5.74, 6) is -1.38. The zero-order chi connectivity index (χ0) is 47.5. The Balaban J connectivity index is 1.43. The predicted molar refractivity (Wildman–Crippen MR) is 250 cm³/mol. The molecule has 0 unspecified atom stereocenters. The largest absolute Gasteiger partial charge is 0.494 e. The molecule has 0 aliphatic rings. The number of hydrogen-bond donors (Lipinski definition) is 3. The average Bonchev–Trinajstić information content (AvgIpc) is 4.00. The first-order valence-corrected chi connectivity index (χ1v) is 24.4. The highest BCUT2D eigenvalue weighted by atomic mass is 28.4. The summed E-state index contributed by atoms with van der Waals surface area (Å²) in [6, 6.07) is 9.71. The Morgan fingerprint density at radius 1 is 0.815 bits per heavy atom. The molecule has 0 fully saturated rings. The Bertz CT molecular complexity index is 2900. The highest BCUT2D eigenvalue weighted by Crippen LogP contribution is 2.37. The number of hydrogen-bond acceptors (Lipinski definition) is 10. The number of rotatable bonds is 18. The summed E-state index contributed by atoms with van der Waals surface area (Å²) in [6.07, 6.45) is 4.32. The number of aryl methyl sites for hydroxylation is 5. The fraction of sp³-hybridized carbons (Fsp3) is 0.422. The van der Waals surface area contributed by atoms with Gasteiger partial charge >= 0.3 is 0 Å².